The minimum Gasteiger partial charge on any atom is -0.508 e. The topological polar surface area (TPSA) is 99.4 Å². The van der Waals surface area contributed by atoms with Gasteiger partial charge in [0.1, 0.15) is 23.4 Å². The molecule has 122 valence electrons. The highest BCUT2D eigenvalue weighted by Crippen LogP contribution is 2.43. The quantitative estimate of drug-likeness (QED) is 0.648. The fourth-order valence-electron chi connectivity index (χ4n) is 2.74. The normalized spacial score (nSPS) is 19.7. The van der Waals surface area contributed by atoms with Gasteiger partial charge in [0.2, 0.25) is 0 Å². The molecule has 4 N–H and O–H groups in total. The van der Waals surface area contributed by atoms with Gasteiger partial charge in [-0.15, -0.1) is 0 Å². The first-order valence-corrected chi connectivity index (χ1v) is 7.35. The molecule has 0 aromatic heterocycles. The van der Waals surface area contributed by atoms with Gasteiger partial charge >= 0.3 is 0 Å². The standard InChI is InChI=1S/C17H18O6/c1-2-22-15-6-10(18)7-16-11(15)8-14(21)17(23-16)9-3-4-12(19)13(20)5-9/h3-7,14,17-21H,2,8H2,1H3/t14-,17-/m0/s1. The van der Waals surface area contributed by atoms with E-state index < -0.39 is 12.2 Å². The first kappa shape index (κ1) is 15.3. The summed E-state index contributed by atoms with van der Waals surface area (Å²) in [6.45, 7) is 2.26. The van der Waals surface area contributed by atoms with E-state index in [4.69, 9.17) is 9.47 Å². The summed E-state index contributed by atoms with van der Waals surface area (Å²) in [6, 6.07) is 7.22. The molecule has 2 aromatic carbocycles. The van der Waals surface area contributed by atoms with Gasteiger partial charge in [0, 0.05) is 24.1 Å². The van der Waals surface area contributed by atoms with Gasteiger partial charge in [-0.25, -0.2) is 0 Å². The van der Waals surface area contributed by atoms with E-state index in [1.807, 2.05) is 6.92 Å². The predicted octanol–water partition coefficient (Wildman–Crippen LogP) is 2.24. The summed E-state index contributed by atoms with van der Waals surface area (Å²) in [6.07, 6.45) is -1.28. The van der Waals surface area contributed by atoms with Gasteiger partial charge in [0.05, 0.1) is 12.7 Å². The molecule has 2 aromatic rings. The summed E-state index contributed by atoms with van der Waals surface area (Å²) in [5, 5.41) is 39.2. The van der Waals surface area contributed by atoms with Gasteiger partial charge in [-0.3, -0.25) is 0 Å². The Balaban J connectivity index is 1.98. The van der Waals surface area contributed by atoms with E-state index in [-0.39, 0.29) is 23.7 Å². The third-order valence-corrected chi connectivity index (χ3v) is 3.80. The second-order valence-electron chi connectivity index (χ2n) is 5.41. The molecule has 0 spiro atoms. The number of rotatable bonds is 3. The lowest BCUT2D eigenvalue weighted by atomic mass is 9.94. The van der Waals surface area contributed by atoms with E-state index >= 15 is 0 Å². The Bertz CT molecular complexity index is 727. The van der Waals surface area contributed by atoms with Crippen molar-refractivity contribution in [3.05, 3.63) is 41.5 Å². The van der Waals surface area contributed by atoms with Crippen LogP contribution in [0.3, 0.4) is 0 Å². The molecular weight excluding hydrogens is 300 g/mol. The minimum atomic E-state index is -0.852. The maximum Gasteiger partial charge on any atom is 0.157 e. The third-order valence-electron chi connectivity index (χ3n) is 3.80. The number of ether oxygens (including phenoxy) is 2. The van der Waals surface area contributed by atoms with Gasteiger partial charge in [-0.1, -0.05) is 6.07 Å². The monoisotopic (exact) mass is 318 g/mol. The van der Waals surface area contributed by atoms with Crippen LogP contribution in [0.5, 0.6) is 28.7 Å². The average molecular weight is 318 g/mol. The molecule has 0 fully saturated rings. The predicted molar refractivity (Wildman–Crippen MR) is 82.1 cm³/mol. The van der Waals surface area contributed by atoms with E-state index in [0.29, 0.717) is 29.2 Å². The Morgan fingerprint density at radius 2 is 1.91 bits per heavy atom. The molecule has 6 heteroatoms. The van der Waals surface area contributed by atoms with Crippen LogP contribution in [0.1, 0.15) is 24.2 Å². The molecule has 0 unspecified atom stereocenters. The number of benzene rings is 2. The van der Waals surface area contributed by atoms with Crippen molar-refractivity contribution in [3.8, 4) is 28.7 Å². The molecular formula is C17H18O6. The Kier molecular flexibility index (Phi) is 3.92. The first-order chi connectivity index (χ1) is 11.0. The van der Waals surface area contributed by atoms with E-state index in [2.05, 4.69) is 0 Å². The number of hydrogen-bond donors (Lipinski definition) is 4. The fourth-order valence-corrected chi connectivity index (χ4v) is 2.74. The summed E-state index contributed by atoms with van der Waals surface area (Å²) >= 11 is 0. The van der Waals surface area contributed by atoms with Crippen LogP contribution in [0.4, 0.5) is 0 Å². The number of aromatic hydroxyl groups is 3. The van der Waals surface area contributed by atoms with Crippen LogP contribution >= 0.6 is 0 Å². The van der Waals surface area contributed by atoms with Gasteiger partial charge in [-0.2, -0.15) is 0 Å². The summed E-state index contributed by atoms with van der Waals surface area (Å²) in [5.41, 5.74) is 1.22. The number of hydrogen-bond acceptors (Lipinski definition) is 6. The lowest BCUT2D eigenvalue weighted by molar-refractivity contribution is 0.0195. The van der Waals surface area contributed by atoms with E-state index in [1.165, 1.54) is 24.3 Å². The molecule has 0 saturated heterocycles. The van der Waals surface area contributed by atoms with Crippen LogP contribution < -0.4 is 9.47 Å². The average Bonchev–Trinajstić information content (AvgIpc) is 2.50. The van der Waals surface area contributed by atoms with Gasteiger partial charge in [0.25, 0.3) is 0 Å². The van der Waals surface area contributed by atoms with Crippen LogP contribution in [-0.2, 0) is 6.42 Å². The van der Waals surface area contributed by atoms with Crippen molar-refractivity contribution in [2.45, 2.75) is 25.6 Å². The minimum absolute atomic E-state index is 0.0101. The van der Waals surface area contributed by atoms with Crippen LogP contribution in [0.2, 0.25) is 0 Å². The molecule has 23 heavy (non-hydrogen) atoms. The lowest BCUT2D eigenvalue weighted by Crippen LogP contribution is -2.30. The van der Waals surface area contributed by atoms with Crippen molar-refractivity contribution in [2.75, 3.05) is 6.61 Å². The van der Waals surface area contributed by atoms with Crippen LogP contribution in [0.15, 0.2) is 30.3 Å². The van der Waals surface area contributed by atoms with E-state index in [0.717, 1.165) is 0 Å². The maximum absolute atomic E-state index is 10.4. The molecule has 6 nitrogen and oxygen atoms in total. The second kappa shape index (κ2) is 5.89. The Morgan fingerprint density at radius 3 is 2.61 bits per heavy atom. The summed E-state index contributed by atoms with van der Waals surface area (Å²) < 4.78 is 11.3. The van der Waals surface area contributed by atoms with Crippen molar-refractivity contribution in [1.82, 2.24) is 0 Å². The molecule has 0 amide bonds. The zero-order valence-electron chi connectivity index (χ0n) is 12.6. The van der Waals surface area contributed by atoms with E-state index in [9.17, 15) is 20.4 Å². The molecule has 0 bridgehead atoms. The second-order valence-corrected chi connectivity index (χ2v) is 5.41. The number of aliphatic hydroxyl groups is 1. The third kappa shape index (κ3) is 2.85. The number of phenols is 3. The molecule has 1 heterocycles. The fraction of sp³-hybridized carbons (Fsp3) is 0.294. The molecule has 1 aliphatic heterocycles. The Morgan fingerprint density at radius 1 is 1.13 bits per heavy atom. The maximum atomic E-state index is 10.4. The van der Waals surface area contributed by atoms with Crippen molar-refractivity contribution >= 4 is 0 Å². The van der Waals surface area contributed by atoms with Gasteiger partial charge < -0.3 is 29.9 Å². The largest absolute Gasteiger partial charge is 0.508 e. The van der Waals surface area contributed by atoms with Crippen molar-refractivity contribution in [3.63, 3.8) is 0 Å². The molecule has 3 rings (SSSR count). The molecule has 0 radical (unpaired) electrons. The smallest absolute Gasteiger partial charge is 0.157 e. The highest BCUT2D eigenvalue weighted by Gasteiger charge is 2.32. The molecule has 2 atom stereocenters. The molecule has 0 aliphatic carbocycles. The van der Waals surface area contributed by atoms with Gasteiger partial charge in [-0.05, 0) is 24.6 Å². The van der Waals surface area contributed by atoms with Gasteiger partial charge in [0.15, 0.2) is 11.5 Å². The zero-order valence-corrected chi connectivity index (χ0v) is 12.6. The van der Waals surface area contributed by atoms with Crippen LogP contribution in [0, 0.1) is 0 Å². The van der Waals surface area contributed by atoms with Crippen LogP contribution in [0.25, 0.3) is 0 Å². The Hall–Kier alpha value is -2.60. The zero-order chi connectivity index (χ0) is 16.6. The molecule has 0 saturated carbocycles. The number of fused-ring (bicyclic) bond motifs is 1. The number of phenolic OH excluding ortho intramolecular Hbond substituents is 3. The lowest BCUT2D eigenvalue weighted by Gasteiger charge is -2.32. The summed E-state index contributed by atoms with van der Waals surface area (Å²) in [4.78, 5) is 0. The summed E-state index contributed by atoms with van der Waals surface area (Å²) in [7, 11) is 0. The van der Waals surface area contributed by atoms with Crippen LogP contribution in [-0.4, -0.2) is 33.1 Å². The van der Waals surface area contributed by atoms with E-state index in [1.54, 1.807) is 6.07 Å². The number of aliphatic hydroxyl groups excluding tert-OH is 1. The Labute approximate surface area is 133 Å². The molecule has 1 aliphatic rings. The van der Waals surface area contributed by atoms with Crippen molar-refractivity contribution in [2.24, 2.45) is 0 Å². The highest BCUT2D eigenvalue weighted by atomic mass is 16.5. The van der Waals surface area contributed by atoms with Crippen molar-refractivity contribution < 1.29 is 29.9 Å². The summed E-state index contributed by atoms with van der Waals surface area (Å²) in [5.74, 6) is 0.395. The SMILES string of the molecule is CCOc1cc(O)cc2c1C[C@H](O)[C@H](c1ccc(O)c(O)c1)O2. The first-order valence-electron chi connectivity index (χ1n) is 7.35. The van der Waals surface area contributed by atoms with Crippen molar-refractivity contribution in [1.29, 1.82) is 0 Å². The highest BCUT2D eigenvalue weighted by molar-refractivity contribution is 5.52.